The molecule has 0 bridgehead atoms. The van der Waals surface area contributed by atoms with Gasteiger partial charge in [-0.2, -0.15) is 0 Å². The van der Waals surface area contributed by atoms with Crippen molar-refractivity contribution in [1.82, 2.24) is 5.32 Å². The van der Waals surface area contributed by atoms with Gasteiger partial charge in [0.1, 0.15) is 0 Å². The number of halogens is 1. The molecule has 3 heteroatoms. The van der Waals surface area contributed by atoms with Crippen molar-refractivity contribution < 1.29 is 4.74 Å². The highest BCUT2D eigenvalue weighted by molar-refractivity contribution is 6.31. The van der Waals surface area contributed by atoms with Crippen LogP contribution in [0.4, 0.5) is 0 Å². The summed E-state index contributed by atoms with van der Waals surface area (Å²) >= 11 is 6.36. The first-order chi connectivity index (χ1) is 8.65. The largest absolute Gasteiger partial charge is 0.381 e. The van der Waals surface area contributed by atoms with E-state index in [0.29, 0.717) is 5.41 Å². The number of nitrogens with one attached hydrogen (secondary N) is 1. The Morgan fingerprint density at radius 2 is 2.06 bits per heavy atom. The normalized spacial score (nSPS) is 18.8. The van der Waals surface area contributed by atoms with Crippen LogP contribution in [-0.4, -0.2) is 26.8 Å². The minimum Gasteiger partial charge on any atom is -0.381 e. The van der Waals surface area contributed by atoms with Crippen LogP contribution in [0.5, 0.6) is 0 Å². The Bertz CT molecular complexity index is 394. The lowest BCUT2D eigenvalue weighted by atomic mass is 9.75. The summed E-state index contributed by atoms with van der Waals surface area (Å²) in [6.07, 6.45) is 3.26. The Morgan fingerprint density at radius 1 is 1.33 bits per heavy atom. The molecule has 0 spiro atoms. The maximum atomic E-state index is 6.36. The lowest BCUT2D eigenvalue weighted by molar-refractivity contribution is 0.0158. The summed E-state index contributed by atoms with van der Waals surface area (Å²) in [7, 11) is 2.02. The molecule has 0 aromatic heterocycles. The molecule has 0 atom stereocenters. The van der Waals surface area contributed by atoms with Crippen LogP contribution < -0.4 is 5.32 Å². The molecule has 2 nitrogen and oxygen atoms in total. The Hall–Kier alpha value is -0.570. The van der Waals surface area contributed by atoms with Gasteiger partial charge in [-0.3, -0.25) is 0 Å². The third-order valence-corrected chi connectivity index (χ3v) is 4.23. The van der Waals surface area contributed by atoms with E-state index >= 15 is 0 Å². The van der Waals surface area contributed by atoms with Gasteiger partial charge in [-0.25, -0.2) is 0 Å². The molecule has 18 heavy (non-hydrogen) atoms. The van der Waals surface area contributed by atoms with E-state index in [-0.39, 0.29) is 0 Å². The molecular weight excluding hydrogens is 246 g/mol. The van der Waals surface area contributed by atoms with E-state index in [1.165, 1.54) is 11.1 Å². The predicted octanol–water partition coefficient (Wildman–Crippen LogP) is 3.21. The highest BCUT2D eigenvalue weighted by Crippen LogP contribution is 2.35. The van der Waals surface area contributed by atoms with Crippen LogP contribution in [0.1, 0.15) is 24.0 Å². The van der Waals surface area contributed by atoms with Crippen LogP contribution in [0.3, 0.4) is 0 Å². The molecule has 1 saturated heterocycles. The molecule has 1 aromatic rings. The molecule has 1 fully saturated rings. The van der Waals surface area contributed by atoms with E-state index in [0.717, 1.165) is 44.0 Å². The summed E-state index contributed by atoms with van der Waals surface area (Å²) in [6.45, 7) is 4.84. The molecular formula is C15H22ClNO. The molecule has 0 amide bonds. The number of aryl methyl sites for hydroxylation is 1. The highest BCUT2D eigenvalue weighted by atomic mass is 35.5. The van der Waals surface area contributed by atoms with Crippen LogP contribution in [-0.2, 0) is 11.2 Å². The summed E-state index contributed by atoms with van der Waals surface area (Å²) in [5.41, 5.74) is 2.78. The van der Waals surface area contributed by atoms with E-state index in [2.05, 4.69) is 30.4 Å². The number of hydrogen-bond donors (Lipinski definition) is 1. The maximum Gasteiger partial charge on any atom is 0.0471 e. The fraction of sp³-hybridized carbons (Fsp3) is 0.600. The molecule has 0 radical (unpaired) electrons. The summed E-state index contributed by atoms with van der Waals surface area (Å²) in [4.78, 5) is 0. The lowest BCUT2D eigenvalue weighted by Crippen LogP contribution is -2.39. The smallest absolute Gasteiger partial charge is 0.0471 e. The van der Waals surface area contributed by atoms with E-state index in [9.17, 15) is 0 Å². The topological polar surface area (TPSA) is 21.3 Å². The van der Waals surface area contributed by atoms with E-state index in [4.69, 9.17) is 16.3 Å². The SMILES string of the molecule is CNCC1(Cc2ccc(C)cc2Cl)CCOCC1. The summed E-state index contributed by atoms with van der Waals surface area (Å²) in [5, 5.41) is 4.23. The summed E-state index contributed by atoms with van der Waals surface area (Å²) in [6, 6.07) is 6.38. The van der Waals surface area contributed by atoms with Crippen LogP contribution in [0.15, 0.2) is 18.2 Å². The van der Waals surface area contributed by atoms with Gasteiger partial charge in [-0.15, -0.1) is 0 Å². The van der Waals surface area contributed by atoms with E-state index in [1.54, 1.807) is 0 Å². The maximum absolute atomic E-state index is 6.36. The lowest BCUT2D eigenvalue weighted by Gasteiger charge is -2.37. The zero-order chi connectivity index (χ0) is 13.0. The van der Waals surface area contributed by atoms with Gasteiger partial charge in [-0.05, 0) is 55.8 Å². The molecule has 1 N–H and O–H groups in total. The van der Waals surface area contributed by atoms with Crippen LogP contribution in [0.2, 0.25) is 5.02 Å². The summed E-state index contributed by atoms with van der Waals surface area (Å²) < 4.78 is 5.50. The molecule has 100 valence electrons. The fourth-order valence-electron chi connectivity index (χ4n) is 2.80. The van der Waals surface area contributed by atoms with Crippen molar-refractivity contribution in [1.29, 1.82) is 0 Å². The minimum atomic E-state index is 0.298. The minimum absolute atomic E-state index is 0.298. The second kappa shape index (κ2) is 6.05. The molecule has 1 aliphatic heterocycles. The van der Waals surface area contributed by atoms with Gasteiger partial charge >= 0.3 is 0 Å². The highest BCUT2D eigenvalue weighted by Gasteiger charge is 2.32. The first kappa shape index (κ1) is 13.9. The standard InChI is InChI=1S/C15H22ClNO/c1-12-3-4-13(14(16)9-12)10-15(11-17-2)5-7-18-8-6-15/h3-4,9,17H,5-8,10-11H2,1-2H3. The Morgan fingerprint density at radius 3 is 2.67 bits per heavy atom. The van der Waals surface area contributed by atoms with Crippen molar-refractivity contribution in [3.63, 3.8) is 0 Å². The molecule has 1 aliphatic rings. The number of hydrogen-bond acceptors (Lipinski definition) is 2. The quantitative estimate of drug-likeness (QED) is 0.905. The van der Waals surface area contributed by atoms with Crippen molar-refractivity contribution in [2.24, 2.45) is 5.41 Å². The van der Waals surface area contributed by atoms with Crippen molar-refractivity contribution in [2.45, 2.75) is 26.2 Å². The van der Waals surface area contributed by atoms with Gasteiger partial charge in [0.05, 0.1) is 0 Å². The van der Waals surface area contributed by atoms with Gasteiger partial charge in [0.25, 0.3) is 0 Å². The van der Waals surface area contributed by atoms with E-state index in [1.807, 2.05) is 7.05 Å². The summed E-state index contributed by atoms with van der Waals surface area (Å²) in [5.74, 6) is 0. The number of ether oxygens (including phenoxy) is 1. The monoisotopic (exact) mass is 267 g/mol. The first-order valence-corrected chi connectivity index (χ1v) is 7.00. The van der Waals surface area contributed by atoms with Gasteiger partial charge in [0, 0.05) is 24.8 Å². The third kappa shape index (κ3) is 3.25. The molecule has 0 unspecified atom stereocenters. The average molecular weight is 268 g/mol. The average Bonchev–Trinajstić information content (AvgIpc) is 2.34. The van der Waals surface area contributed by atoms with Crippen LogP contribution in [0.25, 0.3) is 0 Å². The zero-order valence-corrected chi connectivity index (χ0v) is 12.0. The predicted molar refractivity (Wildman–Crippen MR) is 76.3 cm³/mol. The van der Waals surface area contributed by atoms with Gasteiger partial charge < -0.3 is 10.1 Å². The Kier molecular flexibility index (Phi) is 4.66. The van der Waals surface area contributed by atoms with Crippen molar-refractivity contribution in [2.75, 3.05) is 26.8 Å². The molecule has 0 aliphatic carbocycles. The van der Waals surface area contributed by atoms with Crippen molar-refractivity contribution >= 4 is 11.6 Å². The Balaban J connectivity index is 2.17. The number of rotatable bonds is 4. The Labute approximate surface area is 115 Å². The van der Waals surface area contributed by atoms with Crippen molar-refractivity contribution in [3.8, 4) is 0 Å². The van der Waals surface area contributed by atoms with Gasteiger partial charge in [-0.1, -0.05) is 23.7 Å². The second-order valence-electron chi connectivity index (χ2n) is 5.41. The molecule has 1 aromatic carbocycles. The van der Waals surface area contributed by atoms with Crippen LogP contribution in [0, 0.1) is 12.3 Å². The molecule has 1 heterocycles. The number of benzene rings is 1. The van der Waals surface area contributed by atoms with Gasteiger partial charge in [0.2, 0.25) is 0 Å². The molecule has 0 saturated carbocycles. The van der Waals surface area contributed by atoms with Gasteiger partial charge in [0.15, 0.2) is 0 Å². The van der Waals surface area contributed by atoms with E-state index < -0.39 is 0 Å². The zero-order valence-electron chi connectivity index (χ0n) is 11.3. The van der Waals surface area contributed by atoms with Crippen LogP contribution >= 0.6 is 11.6 Å². The third-order valence-electron chi connectivity index (χ3n) is 3.88. The first-order valence-electron chi connectivity index (χ1n) is 6.63. The second-order valence-corrected chi connectivity index (χ2v) is 5.82. The molecule has 2 rings (SSSR count). The fourth-order valence-corrected chi connectivity index (χ4v) is 3.10. The van der Waals surface area contributed by atoms with Crippen molar-refractivity contribution in [3.05, 3.63) is 34.3 Å².